The fourth-order valence-corrected chi connectivity index (χ4v) is 0.814. The molecule has 0 spiro atoms. The van der Waals surface area contributed by atoms with E-state index >= 15 is 0 Å². The van der Waals surface area contributed by atoms with Crippen molar-refractivity contribution in [3.63, 3.8) is 0 Å². The van der Waals surface area contributed by atoms with Gasteiger partial charge < -0.3 is 0 Å². The number of nitro benzene ring substituents is 1. The van der Waals surface area contributed by atoms with Crippen LogP contribution in [-0.2, 0) is 0 Å². The minimum absolute atomic E-state index is 0.0193. The lowest BCUT2D eigenvalue weighted by Gasteiger charge is -1.96. The van der Waals surface area contributed by atoms with Crippen LogP contribution < -0.4 is 0 Å². The molecule has 0 fully saturated rings. The van der Waals surface area contributed by atoms with Gasteiger partial charge >= 0.3 is 5.69 Å². The van der Waals surface area contributed by atoms with Crippen LogP contribution in [0.1, 0.15) is 10.4 Å². The van der Waals surface area contributed by atoms with Crippen molar-refractivity contribution in [1.29, 1.82) is 0 Å². The van der Waals surface area contributed by atoms with Gasteiger partial charge in [-0.1, -0.05) is 0 Å². The number of carbonyl (C=O) groups excluding carboxylic acids is 1. The van der Waals surface area contributed by atoms with Crippen LogP contribution >= 0.6 is 0 Å². The van der Waals surface area contributed by atoms with Crippen LogP contribution in [0.15, 0.2) is 12.1 Å². The number of rotatable bonds is 2. The average Bonchev–Trinajstić information content (AvgIpc) is 2.08. The molecule has 0 saturated heterocycles. The van der Waals surface area contributed by atoms with Gasteiger partial charge in [0.2, 0.25) is 5.82 Å². The third-order valence-corrected chi connectivity index (χ3v) is 1.37. The predicted octanol–water partition coefficient (Wildman–Crippen LogP) is 1.69. The molecule has 6 heteroatoms. The van der Waals surface area contributed by atoms with Crippen LogP contribution in [0.3, 0.4) is 0 Å². The van der Waals surface area contributed by atoms with E-state index in [1.165, 1.54) is 0 Å². The average molecular weight is 187 g/mol. The van der Waals surface area contributed by atoms with Crippen LogP contribution in [0.2, 0.25) is 0 Å². The van der Waals surface area contributed by atoms with Crippen LogP contribution in [-0.4, -0.2) is 11.2 Å². The highest BCUT2D eigenvalue weighted by molar-refractivity contribution is 5.76. The highest BCUT2D eigenvalue weighted by Crippen LogP contribution is 2.20. The van der Waals surface area contributed by atoms with Gasteiger partial charge in [0, 0.05) is 0 Å². The van der Waals surface area contributed by atoms with Crippen LogP contribution in [0, 0.1) is 21.7 Å². The molecule has 0 atom stereocenters. The fraction of sp³-hybridized carbons (Fsp3) is 0. The molecule has 0 bridgehead atoms. The molecule has 1 aromatic rings. The lowest BCUT2D eigenvalue weighted by atomic mass is 10.2. The zero-order valence-electron chi connectivity index (χ0n) is 6.16. The summed E-state index contributed by atoms with van der Waals surface area (Å²) in [4.78, 5) is 19.2. The van der Waals surface area contributed by atoms with E-state index in [9.17, 15) is 23.7 Å². The summed E-state index contributed by atoms with van der Waals surface area (Å²) in [5.74, 6) is -2.34. The second-order valence-electron chi connectivity index (χ2n) is 2.20. The molecule has 13 heavy (non-hydrogen) atoms. The summed E-state index contributed by atoms with van der Waals surface area (Å²) in [6.45, 7) is 0. The third kappa shape index (κ3) is 1.66. The Balaban J connectivity index is 3.44. The number of aldehydes is 1. The molecule has 1 aromatic carbocycles. The quantitative estimate of drug-likeness (QED) is 0.402. The van der Waals surface area contributed by atoms with Crippen molar-refractivity contribution in [1.82, 2.24) is 0 Å². The van der Waals surface area contributed by atoms with Gasteiger partial charge in [-0.25, -0.2) is 4.39 Å². The molecule has 0 saturated carbocycles. The maximum absolute atomic E-state index is 12.9. The highest BCUT2D eigenvalue weighted by atomic mass is 19.1. The Morgan fingerprint density at radius 3 is 2.46 bits per heavy atom. The molecule has 0 heterocycles. The summed E-state index contributed by atoms with van der Waals surface area (Å²) in [6.07, 6.45) is 0.0193. The normalized spacial score (nSPS) is 9.69. The van der Waals surface area contributed by atoms with Gasteiger partial charge in [0.15, 0.2) is 6.29 Å². The van der Waals surface area contributed by atoms with Gasteiger partial charge in [-0.2, -0.15) is 4.39 Å². The van der Waals surface area contributed by atoms with Crippen molar-refractivity contribution in [2.24, 2.45) is 0 Å². The number of benzene rings is 1. The van der Waals surface area contributed by atoms with Gasteiger partial charge in [-0.05, 0) is 6.07 Å². The molecule has 0 aliphatic heterocycles. The number of hydrogen-bond donors (Lipinski definition) is 0. The van der Waals surface area contributed by atoms with Crippen LogP contribution in [0.25, 0.3) is 0 Å². The molecule has 0 amide bonds. The fourth-order valence-electron chi connectivity index (χ4n) is 0.814. The van der Waals surface area contributed by atoms with E-state index in [1.54, 1.807) is 0 Å². The zero-order valence-corrected chi connectivity index (χ0v) is 6.16. The van der Waals surface area contributed by atoms with E-state index in [1.807, 2.05) is 0 Å². The molecule has 0 unspecified atom stereocenters. The maximum Gasteiger partial charge on any atom is 0.308 e. The van der Waals surface area contributed by atoms with Gasteiger partial charge in [0.1, 0.15) is 5.82 Å². The van der Waals surface area contributed by atoms with Crippen molar-refractivity contribution in [3.05, 3.63) is 39.4 Å². The summed E-state index contributed by atoms with van der Waals surface area (Å²) in [6, 6.07) is 1.01. The van der Waals surface area contributed by atoms with Crippen molar-refractivity contribution in [3.8, 4) is 0 Å². The number of carbonyl (C=O) groups is 1. The van der Waals surface area contributed by atoms with Crippen molar-refractivity contribution in [2.75, 3.05) is 0 Å². The predicted molar refractivity (Wildman–Crippen MR) is 38.4 cm³/mol. The van der Waals surface area contributed by atoms with E-state index in [0.29, 0.717) is 12.1 Å². The largest absolute Gasteiger partial charge is 0.308 e. The Morgan fingerprint density at radius 2 is 2.00 bits per heavy atom. The van der Waals surface area contributed by atoms with E-state index in [2.05, 4.69) is 0 Å². The molecule has 0 aliphatic carbocycles. The molecule has 0 aromatic heterocycles. The maximum atomic E-state index is 12.9. The van der Waals surface area contributed by atoms with Crippen molar-refractivity contribution in [2.45, 2.75) is 0 Å². The summed E-state index contributed by atoms with van der Waals surface area (Å²) in [7, 11) is 0. The Bertz CT molecular complexity index is 378. The molecule has 1 rings (SSSR count). The zero-order chi connectivity index (χ0) is 10.0. The molecular weight excluding hydrogens is 184 g/mol. The second-order valence-corrected chi connectivity index (χ2v) is 2.20. The van der Waals surface area contributed by atoms with Crippen LogP contribution in [0.4, 0.5) is 14.5 Å². The van der Waals surface area contributed by atoms with E-state index < -0.39 is 27.8 Å². The minimum Gasteiger partial charge on any atom is -0.298 e. The number of hydrogen-bond acceptors (Lipinski definition) is 3. The van der Waals surface area contributed by atoms with Gasteiger partial charge in [-0.15, -0.1) is 0 Å². The molecule has 0 aliphatic rings. The standard InChI is InChI=1S/C7H3F2NO3/c8-5-1-4(3-11)7(9)6(2-5)10(12)13/h1-3H. The van der Waals surface area contributed by atoms with Gasteiger partial charge in [0.25, 0.3) is 0 Å². The molecular formula is C7H3F2NO3. The summed E-state index contributed by atoms with van der Waals surface area (Å²) in [5.41, 5.74) is -1.70. The topological polar surface area (TPSA) is 60.2 Å². The minimum atomic E-state index is -1.32. The van der Waals surface area contributed by atoms with Crippen molar-refractivity contribution < 1.29 is 18.5 Å². The molecule has 68 valence electrons. The third-order valence-electron chi connectivity index (χ3n) is 1.37. The number of nitro groups is 1. The lowest BCUT2D eigenvalue weighted by Crippen LogP contribution is -1.98. The van der Waals surface area contributed by atoms with E-state index in [-0.39, 0.29) is 6.29 Å². The first-order valence-corrected chi connectivity index (χ1v) is 3.15. The smallest absolute Gasteiger partial charge is 0.298 e. The molecule has 0 N–H and O–H groups in total. The first-order valence-electron chi connectivity index (χ1n) is 3.15. The Labute approximate surface area is 70.9 Å². The van der Waals surface area contributed by atoms with Crippen LogP contribution in [0.5, 0.6) is 0 Å². The number of halogens is 2. The first-order chi connectivity index (χ1) is 6.06. The highest BCUT2D eigenvalue weighted by Gasteiger charge is 2.19. The lowest BCUT2D eigenvalue weighted by molar-refractivity contribution is -0.387. The molecule has 4 nitrogen and oxygen atoms in total. The van der Waals surface area contributed by atoms with E-state index in [0.717, 1.165) is 0 Å². The van der Waals surface area contributed by atoms with Gasteiger partial charge in [0.05, 0.1) is 16.6 Å². The first kappa shape index (κ1) is 9.24. The Hall–Kier alpha value is -1.85. The monoisotopic (exact) mass is 187 g/mol. The Morgan fingerprint density at radius 1 is 1.38 bits per heavy atom. The summed E-state index contributed by atoms with van der Waals surface area (Å²) in [5, 5.41) is 10.1. The van der Waals surface area contributed by atoms with Crippen molar-refractivity contribution >= 4 is 12.0 Å². The van der Waals surface area contributed by atoms with Gasteiger partial charge in [-0.3, -0.25) is 14.9 Å². The molecule has 0 radical (unpaired) electrons. The second kappa shape index (κ2) is 3.26. The van der Waals surface area contributed by atoms with E-state index in [4.69, 9.17) is 0 Å². The summed E-state index contributed by atoms with van der Waals surface area (Å²) >= 11 is 0. The summed E-state index contributed by atoms with van der Waals surface area (Å²) < 4.78 is 25.4. The SMILES string of the molecule is O=Cc1cc(F)cc([N+](=O)[O-])c1F. The Kier molecular flexibility index (Phi) is 2.32. The number of nitrogens with zero attached hydrogens (tertiary/aromatic N) is 1.